The number of amides is 1. The molecule has 1 aliphatic carbocycles. The fourth-order valence-electron chi connectivity index (χ4n) is 4.89. The molecule has 4 atom stereocenters. The molecule has 114 valence electrons. The average Bonchev–Trinajstić information content (AvgIpc) is 2.93. The number of carbonyl (C=O) groups is 1. The van der Waals surface area contributed by atoms with E-state index in [0.29, 0.717) is 18.1 Å². The van der Waals surface area contributed by atoms with Gasteiger partial charge in [-0.15, -0.1) is 11.3 Å². The Labute approximate surface area is 129 Å². The van der Waals surface area contributed by atoms with Gasteiger partial charge < -0.3 is 10.2 Å². The van der Waals surface area contributed by atoms with Crippen LogP contribution < -0.4 is 5.32 Å². The van der Waals surface area contributed by atoms with E-state index in [0.717, 1.165) is 23.5 Å². The van der Waals surface area contributed by atoms with Crippen LogP contribution in [0.15, 0.2) is 5.51 Å². The predicted octanol–water partition coefficient (Wildman–Crippen LogP) is 2.59. The highest BCUT2D eigenvalue weighted by Crippen LogP contribution is 2.51. The number of nitrogens with zero attached hydrogens (tertiary/aromatic N) is 2. The lowest BCUT2D eigenvalue weighted by Gasteiger charge is -2.39. The zero-order chi connectivity index (χ0) is 14.6. The zero-order valence-corrected chi connectivity index (χ0v) is 13.6. The van der Waals surface area contributed by atoms with Gasteiger partial charge in [-0.05, 0) is 26.2 Å². The quantitative estimate of drug-likeness (QED) is 0.867. The summed E-state index contributed by atoms with van der Waals surface area (Å²) in [5, 5.41) is 3.73. The molecule has 3 fully saturated rings. The summed E-state index contributed by atoms with van der Waals surface area (Å²) in [6.07, 6.45) is 6.13. The second-order valence-electron chi connectivity index (χ2n) is 7.10. The van der Waals surface area contributed by atoms with Crippen LogP contribution in [0.5, 0.6) is 0 Å². The summed E-state index contributed by atoms with van der Waals surface area (Å²) in [5.41, 5.74) is 2.93. The van der Waals surface area contributed by atoms with Gasteiger partial charge in [0.15, 0.2) is 0 Å². The van der Waals surface area contributed by atoms with E-state index >= 15 is 0 Å². The molecule has 0 unspecified atom stereocenters. The maximum atomic E-state index is 13.1. The predicted molar refractivity (Wildman–Crippen MR) is 83.6 cm³/mol. The first-order valence-corrected chi connectivity index (χ1v) is 8.95. The number of hydrogen-bond acceptors (Lipinski definition) is 4. The van der Waals surface area contributed by atoms with Crippen LogP contribution in [0.1, 0.15) is 54.4 Å². The van der Waals surface area contributed by atoms with Crippen LogP contribution in [-0.4, -0.2) is 40.5 Å². The van der Waals surface area contributed by atoms with Crippen LogP contribution in [0.3, 0.4) is 0 Å². The van der Waals surface area contributed by atoms with Crippen molar-refractivity contribution in [3.63, 3.8) is 0 Å². The lowest BCUT2D eigenvalue weighted by atomic mass is 9.72. The van der Waals surface area contributed by atoms with E-state index in [9.17, 15) is 4.79 Å². The fourth-order valence-corrected chi connectivity index (χ4v) is 5.64. The minimum Gasteiger partial charge on any atom is -0.330 e. The normalized spacial score (nSPS) is 38.4. The SMILES string of the molecule is Cc1ncsc1C(=O)N1[C@@H]2CN[C@@H]3CCCC[C@H]1[C@]3(C)C2. The second kappa shape index (κ2) is 4.78. The molecule has 1 N–H and O–H groups in total. The molecule has 4 nitrogen and oxygen atoms in total. The molecular formula is C16H23N3OS. The van der Waals surface area contributed by atoms with Crippen molar-refractivity contribution in [2.45, 2.75) is 64.1 Å². The van der Waals surface area contributed by atoms with Crippen LogP contribution in [0, 0.1) is 12.3 Å². The summed E-state index contributed by atoms with van der Waals surface area (Å²) in [6.45, 7) is 5.31. The molecule has 1 amide bonds. The lowest BCUT2D eigenvalue weighted by Crippen LogP contribution is -2.51. The Morgan fingerprint density at radius 1 is 1.48 bits per heavy atom. The van der Waals surface area contributed by atoms with Gasteiger partial charge in [-0.3, -0.25) is 4.79 Å². The first kappa shape index (κ1) is 13.7. The standard InChI is InChI=1S/C16H23N3OS/c1-10-14(21-9-18-10)15(20)19-11-7-16(2)12(17-8-11)5-3-4-6-13(16)19/h9,11-13,17H,3-8H2,1-2H3/t11-,12+,13-,16+/m0/s1. The van der Waals surface area contributed by atoms with Crippen molar-refractivity contribution in [1.82, 2.24) is 15.2 Å². The van der Waals surface area contributed by atoms with Crippen molar-refractivity contribution in [3.05, 3.63) is 16.1 Å². The zero-order valence-electron chi connectivity index (χ0n) is 12.8. The summed E-state index contributed by atoms with van der Waals surface area (Å²) >= 11 is 1.49. The largest absolute Gasteiger partial charge is 0.330 e. The van der Waals surface area contributed by atoms with E-state index in [4.69, 9.17) is 0 Å². The molecule has 21 heavy (non-hydrogen) atoms. The van der Waals surface area contributed by atoms with Gasteiger partial charge in [0, 0.05) is 30.1 Å². The summed E-state index contributed by atoms with van der Waals surface area (Å²) in [5.74, 6) is 0.220. The Balaban J connectivity index is 1.72. The third-order valence-corrected chi connectivity index (χ3v) is 6.87. The smallest absolute Gasteiger partial charge is 0.266 e. The van der Waals surface area contributed by atoms with Crippen LogP contribution in [-0.2, 0) is 0 Å². The van der Waals surface area contributed by atoms with Crippen molar-refractivity contribution in [2.75, 3.05) is 6.54 Å². The van der Waals surface area contributed by atoms with Crippen molar-refractivity contribution >= 4 is 17.2 Å². The molecule has 3 aliphatic rings. The number of thiazole rings is 1. The number of piperidine rings is 1. The summed E-state index contributed by atoms with van der Waals surface area (Å²) in [6, 6.07) is 1.35. The number of aromatic nitrogens is 1. The Bertz CT molecular complexity index is 572. The average molecular weight is 305 g/mol. The van der Waals surface area contributed by atoms with Gasteiger partial charge >= 0.3 is 0 Å². The minimum atomic E-state index is 0.220. The van der Waals surface area contributed by atoms with Crippen molar-refractivity contribution in [2.24, 2.45) is 5.41 Å². The van der Waals surface area contributed by atoms with E-state index in [1.165, 1.54) is 37.0 Å². The Kier molecular flexibility index (Phi) is 3.12. The molecule has 0 aromatic carbocycles. The molecule has 0 radical (unpaired) electrons. The fraction of sp³-hybridized carbons (Fsp3) is 0.750. The maximum absolute atomic E-state index is 13.1. The first-order chi connectivity index (χ1) is 10.1. The van der Waals surface area contributed by atoms with E-state index in [2.05, 4.69) is 22.1 Å². The molecule has 1 aromatic heterocycles. The summed E-state index contributed by atoms with van der Waals surface area (Å²) in [7, 11) is 0. The van der Waals surface area contributed by atoms with Gasteiger partial charge in [0.2, 0.25) is 0 Å². The molecule has 2 aliphatic heterocycles. The minimum absolute atomic E-state index is 0.220. The van der Waals surface area contributed by atoms with E-state index in [1.54, 1.807) is 5.51 Å². The molecule has 3 heterocycles. The number of hydrogen-bond donors (Lipinski definition) is 1. The Morgan fingerprint density at radius 3 is 3.05 bits per heavy atom. The number of carbonyl (C=O) groups excluding carboxylic acids is 1. The highest BCUT2D eigenvalue weighted by molar-refractivity contribution is 7.11. The summed E-state index contributed by atoms with van der Waals surface area (Å²) < 4.78 is 0. The van der Waals surface area contributed by atoms with Crippen LogP contribution >= 0.6 is 11.3 Å². The monoisotopic (exact) mass is 305 g/mol. The van der Waals surface area contributed by atoms with Crippen LogP contribution in [0.25, 0.3) is 0 Å². The maximum Gasteiger partial charge on any atom is 0.266 e. The van der Waals surface area contributed by atoms with Crippen molar-refractivity contribution < 1.29 is 4.79 Å². The third kappa shape index (κ3) is 1.90. The molecule has 5 heteroatoms. The Hall–Kier alpha value is -0.940. The number of rotatable bonds is 1. The van der Waals surface area contributed by atoms with Gasteiger partial charge in [0.05, 0.1) is 11.2 Å². The van der Waals surface area contributed by atoms with E-state index < -0.39 is 0 Å². The molecule has 1 aromatic rings. The van der Waals surface area contributed by atoms with Crippen molar-refractivity contribution in [3.8, 4) is 0 Å². The highest BCUT2D eigenvalue weighted by Gasteiger charge is 2.57. The van der Waals surface area contributed by atoms with Crippen molar-refractivity contribution in [1.29, 1.82) is 0 Å². The van der Waals surface area contributed by atoms with Gasteiger partial charge in [0.25, 0.3) is 5.91 Å². The van der Waals surface area contributed by atoms with Crippen LogP contribution in [0.2, 0.25) is 0 Å². The lowest BCUT2D eigenvalue weighted by molar-refractivity contribution is 0.0633. The topological polar surface area (TPSA) is 45.2 Å². The first-order valence-electron chi connectivity index (χ1n) is 8.07. The number of fused-ring (bicyclic) bond motifs is 1. The van der Waals surface area contributed by atoms with Crippen LogP contribution in [0.4, 0.5) is 0 Å². The van der Waals surface area contributed by atoms with E-state index in [1.807, 2.05) is 6.92 Å². The number of nitrogens with one attached hydrogen (secondary N) is 1. The molecule has 1 saturated carbocycles. The van der Waals surface area contributed by atoms with Gasteiger partial charge in [0.1, 0.15) is 4.88 Å². The third-order valence-electron chi connectivity index (χ3n) is 5.96. The second-order valence-corrected chi connectivity index (χ2v) is 7.96. The van der Waals surface area contributed by atoms with Gasteiger partial charge in [-0.2, -0.15) is 0 Å². The molecule has 0 spiro atoms. The Morgan fingerprint density at radius 2 is 2.29 bits per heavy atom. The van der Waals surface area contributed by atoms with E-state index in [-0.39, 0.29) is 11.3 Å². The highest BCUT2D eigenvalue weighted by atomic mass is 32.1. The van der Waals surface area contributed by atoms with Gasteiger partial charge in [-0.25, -0.2) is 4.98 Å². The number of aryl methyl sites for hydroxylation is 1. The molecule has 2 saturated heterocycles. The molecular weight excluding hydrogens is 282 g/mol. The molecule has 4 rings (SSSR count). The summed E-state index contributed by atoms with van der Waals surface area (Å²) in [4.78, 5) is 20.4. The number of likely N-dealkylation sites (tertiary alicyclic amines) is 1. The van der Waals surface area contributed by atoms with Gasteiger partial charge in [-0.1, -0.05) is 19.8 Å². The molecule has 2 bridgehead atoms.